The van der Waals surface area contributed by atoms with Gasteiger partial charge in [-0.1, -0.05) is 20.8 Å². The van der Waals surface area contributed by atoms with E-state index in [1.165, 1.54) is 13.5 Å². The lowest BCUT2D eigenvalue weighted by molar-refractivity contribution is -0.122. The molecule has 3 saturated carbocycles. The van der Waals surface area contributed by atoms with Crippen LogP contribution in [0.4, 0.5) is 5.69 Å². The number of aromatic nitrogens is 3. The molecular weight excluding hydrogens is 406 g/mol. The molecule has 2 aromatic heterocycles. The lowest BCUT2D eigenvalue weighted by Gasteiger charge is -2.62. The number of amides is 1. The third-order valence-electron chi connectivity index (χ3n) is 7.80. The maximum absolute atomic E-state index is 12.9. The van der Waals surface area contributed by atoms with Gasteiger partial charge in [0.15, 0.2) is 0 Å². The van der Waals surface area contributed by atoms with E-state index >= 15 is 0 Å². The molecule has 3 aliphatic rings. The highest BCUT2D eigenvalue weighted by Gasteiger charge is 2.56. The Bertz CT molecular complexity index is 1060. The molecule has 2 aromatic rings. The maximum Gasteiger partial charge on any atom is 0.311 e. The SMILES string of the molecule is COc1c(NC2C[C@H]3CC([C@H]2C)C3(C)C)cnn(CC(=O)NCc2ccncc2C)c1=O. The summed E-state index contributed by atoms with van der Waals surface area (Å²) in [6, 6.07) is 2.14. The van der Waals surface area contributed by atoms with Gasteiger partial charge in [-0.25, -0.2) is 4.68 Å². The molecule has 0 aromatic carbocycles. The molecule has 32 heavy (non-hydrogen) atoms. The smallest absolute Gasteiger partial charge is 0.311 e. The molecule has 0 spiro atoms. The van der Waals surface area contributed by atoms with Crippen LogP contribution in [0.15, 0.2) is 29.5 Å². The highest BCUT2D eigenvalue weighted by Crippen LogP contribution is 2.61. The third kappa shape index (κ3) is 3.98. The largest absolute Gasteiger partial charge is 0.490 e. The molecule has 2 N–H and O–H groups in total. The van der Waals surface area contributed by atoms with E-state index in [0.29, 0.717) is 35.4 Å². The number of carbonyl (C=O) groups is 1. The van der Waals surface area contributed by atoms with Crippen molar-refractivity contribution in [3.63, 3.8) is 0 Å². The second-order valence-corrected chi connectivity index (χ2v) is 9.84. The van der Waals surface area contributed by atoms with Crippen molar-refractivity contribution in [2.24, 2.45) is 23.2 Å². The monoisotopic (exact) mass is 439 g/mol. The van der Waals surface area contributed by atoms with Crippen LogP contribution < -0.4 is 20.9 Å². The van der Waals surface area contributed by atoms with Gasteiger partial charge in [0, 0.05) is 25.0 Å². The van der Waals surface area contributed by atoms with Crippen LogP contribution in [0.5, 0.6) is 5.75 Å². The Morgan fingerprint density at radius 1 is 1.31 bits per heavy atom. The van der Waals surface area contributed by atoms with Crippen molar-refractivity contribution in [1.82, 2.24) is 20.1 Å². The molecule has 8 nitrogen and oxygen atoms in total. The summed E-state index contributed by atoms with van der Waals surface area (Å²) in [5.41, 5.74) is 2.55. The molecule has 2 heterocycles. The standard InChI is InChI=1S/C24H33N5O3/c1-14-10-25-7-6-16(14)11-26-21(30)13-29-23(31)22(32-5)20(12-27-29)28-19-9-17-8-18(15(19)2)24(17,3)4/h6-7,10,12,15,17-19,28H,8-9,11,13H2,1-5H3,(H,26,30)/t15-,17-,18?,19?/m1/s1. The van der Waals surface area contributed by atoms with Crippen LogP contribution in [0.3, 0.4) is 0 Å². The van der Waals surface area contributed by atoms with Crippen molar-refractivity contribution < 1.29 is 9.53 Å². The number of rotatable bonds is 7. The van der Waals surface area contributed by atoms with Crippen LogP contribution in [-0.4, -0.2) is 33.8 Å². The predicted octanol–water partition coefficient (Wildman–Crippen LogP) is 2.75. The first-order valence-electron chi connectivity index (χ1n) is 11.3. The van der Waals surface area contributed by atoms with Gasteiger partial charge in [-0.3, -0.25) is 14.6 Å². The normalized spacial score (nSPS) is 25.5. The Morgan fingerprint density at radius 3 is 2.75 bits per heavy atom. The molecule has 8 heteroatoms. The Balaban J connectivity index is 1.43. The Morgan fingerprint density at radius 2 is 2.09 bits per heavy atom. The lowest BCUT2D eigenvalue weighted by Crippen LogP contribution is -2.58. The van der Waals surface area contributed by atoms with Crippen LogP contribution in [0.2, 0.25) is 0 Å². The topological polar surface area (TPSA) is 98.1 Å². The Kier molecular flexibility index (Phi) is 5.97. The van der Waals surface area contributed by atoms with E-state index in [2.05, 4.69) is 41.5 Å². The van der Waals surface area contributed by atoms with Gasteiger partial charge >= 0.3 is 5.56 Å². The Hall–Kier alpha value is -2.90. The number of pyridine rings is 1. The number of carbonyl (C=O) groups excluding carboxylic acids is 1. The van der Waals surface area contributed by atoms with Crippen molar-refractivity contribution >= 4 is 11.6 Å². The molecule has 0 radical (unpaired) electrons. The van der Waals surface area contributed by atoms with E-state index in [1.807, 2.05) is 13.0 Å². The fraction of sp³-hybridized carbons (Fsp3) is 0.583. The van der Waals surface area contributed by atoms with Gasteiger partial charge in [-0.2, -0.15) is 5.10 Å². The van der Waals surface area contributed by atoms with E-state index < -0.39 is 5.56 Å². The molecule has 5 rings (SSSR count). The van der Waals surface area contributed by atoms with Gasteiger partial charge in [-0.15, -0.1) is 0 Å². The first kappa shape index (κ1) is 22.3. The van der Waals surface area contributed by atoms with E-state index in [-0.39, 0.29) is 24.2 Å². The summed E-state index contributed by atoms with van der Waals surface area (Å²) in [4.78, 5) is 29.4. The van der Waals surface area contributed by atoms with Crippen LogP contribution >= 0.6 is 0 Å². The Labute approximate surface area is 188 Å². The number of hydrogen-bond donors (Lipinski definition) is 2. The number of fused-ring (bicyclic) bond motifs is 2. The average Bonchev–Trinajstić information content (AvgIpc) is 2.76. The minimum absolute atomic E-state index is 0.169. The molecule has 2 bridgehead atoms. The van der Waals surface area contributed by atoms with Gasteiger partial charge < -0.3 is 15.4 Å². The summed E-state index contributed by atoms with van der Waals surface area (Å²) >= 11 is 0. The van der Waals surface area contributed by atoms with Crippen molar-refractivity contribution in [3.8, 4) is 5.75 Å². The van der Waals surface area contributed by atoms with Gasteiger partial charge in [-0.05, 0) is 60.1 Å². The van der Waals surface area contributed by atoms with Crippen molar-refractivity contribution in [1.29, 1.82) is 0 Å². The maximum atomic E-state index is 12.9. The zero-order valence-corrected chi connectivity index (χ0v) is 19.5. The number of methoxy groups -OCH3 is 1. The van der Waals surface area contributed by atoms with Gasteiger partial charge in [0.25, 0.3) is 0 Å². The predicted molar refractivity (Wildman–Crippen MR) is 122 cm³/mol. The minimum atomic E-state index is -0.415. The zero-order valence-electron chi connectivity index (χ0n) is 19.5. The average molecular weight is 440 g/mol. The molecule has 0 aliphatic heterocycles. The molecule has 1 amide bonds. The number of nitrogens with one attached hydrogen (secondary N) is 2. The number of aryl methyl sites for hydroxylation is 1. The molecule has 172 valence electrons. The fourth-order valence-electron chi connectivity index (χ4n) is 5.51. The van der Waals surface area contributed by atoms with Gasteiger partial charge in [0.2, 0.25) is 11.7 Å². The van der Waals surface area contributed by atoms with Gasteiger partial charge in [0.05, 0.1) is 13.3 Å². The minimum Gasteiger partial charge on any atom is -0.490 e. The van der Waals surface area contributed by atoms with E-state index in [9.17, 15) is 9.59 Å². The lowest BCUT2D eigenvalue weighted by atomic mass is 9.45. The van der Waals surface area contributed by atoms with Crippen LogP contribution in [-0.2, 0) is 17.9 Å². The first-order chi connectivity index (χ1) is 15.2. The molecule has 2 unspecified atom stereocenters. The van der Waals surface area contributed by atoms with Crippen molar-refractivity contribution in [2.45, 2.75) is 59.7 Å². The van der Waals surface area contributed by atoms with E-state index in [4.69, 9.17) is 4.74 Å². The molecule has 3 aliphatic carbocycles. The summed E-state index contributed by atoms with van der Waals surface area (Å²) in [7, 11) is 1.48. The molecule has 4 atom stereocenters. The highest BCUT2D eigenvalue weighted by molar-refractivity contribution is 5.75. The quantitative estimate of drug-likeness (QED) is 0.688. The van der Waals surface area contributed by atoms with Crippen LogP contribution in [0.1, 0.15) is 44.7 Å². The summed E-state index contributed by atoms with van der Waals surface area (Å²) in [6.07, 6.45) is 7.40. The molecular formula is C24H33N5O3. The van der Waals surface area contributed by atoms with Crippen LogP contribution in [0.25, 0.3) is 0 Å². The van der Waals surface area contributed by atoms with Crippen molar-refractivity contribution in [2.75, 3.05) is 12.4 Å². The molecule has 3 fully saturated rings. The molecule has 0 saturated heterocycles. The second-order valence-electron chi connectivity index (χ2n) is 9.84. The summed E-state index contributed by atoms with van der Waals surface area (Å²) < 4.78 is 6.57. The summed E-state index contributed by atoms with van der Waals surface area (Å²) in [5, 5.41) is 10.6. The van der Waals surface area contributed by atoms with Crippen LogP contribution in [0, 0.1) is 30.1 Å². The van der Waals surface area contributed by atoms with Crippen molar-refractivity contribution in [3.05, 3.63) is 46.1 Å². The number of nitrogens with zero attached hydrogens (tertiary/aromatic N) is 3. The summed E-state index contributed by atoms with van der Waals surface area (Å²) in [5.74, 6) is 1.80. The van der Waals surface area contributed by atoms with Gasteiger partial charge in [0.1, 0.15) is 12.2 Å². The van der Waals surface area contributed by atoms with E-state index in [0.717, 1.165) is 22.2 Å². The van der Waals surface area contributed by atoms with E-state index in [1.54, 1.807) is 18.6 Å². The number of hydrogen-bond acceptors (Lipinski definition) is 6. The number of ether oxygens (including phenoxy) is 1. The number of anilines is 1. The zero-order chi connectivity index (χ0) is 23.0. The highest BCUT2D eigenvalue weighted by atomic mass is 16.5. The second kappa shape index (κ2) is 8.56. The third-order valence-corrected chi connectivity index (χ3v) is 7.80. The first-order valence-corrected chi connectivity index (χ1v) is 11.3. The fourth-order valence-corrected chi connectivity index (χ4v) is 5.51. The summed E-state index contributed by atoms with van der Waals surface area (Å²) in [6.45, 7) is 9.16.